The van der Waals surface area contributed by atoms with E-state index in [1.54, 1.807) is 18.5 Å². The summed E-state index contributed by atoms with van der Waals surface area (Å²) in [6.07, 6.45) is 7.41. The highest BCUT2D eigenvalue weighted by molar-refractivity contribution is 9.11. The normalized spacial score (nSPS) is 17.8. The molecule has 0 unspecified atom stereocenters. The minimum absolute atomic E-state index is 0.108. The Morgan fingerprint density at radius 3 is 1.52 bits per heavy atom. The molecular weight excluding hydrogens is 1290 g/mol. The highest BCUT2D eigenvalue weighted by atomic mass is 79.9. The number of benzene rings is 1. The van der Waals surface area contributed by atoms with Gasteiger partial charge in [0.25, 0.3) is 5.91 Å². The molecule has 5 fully saturated rings. The molecular formula is C60H72Br3F3N10O8. The maximum atomic E-state index is 13.1. The first-order valence-corrected chi connectivity index (χ1v) is 30.3. The number of morpholine rings is 3. The number of nitrogens with zero attached hydrogens (tertiary/aromatic N) is 8. The van der Waals surface area contributed by atoms with Gasteiger partial charge in [-0.1, -0.05) is 6.07 Å². The van der Waals surface area contributed by atoms with Crippen LogP contribution in [0, 0.1) is 20.8 Å². The predicted molar refractivity (Wildman–Crippen MR) is 328 cm³/mol. The molecule has 0 aliphatic carbocycles. The average molecular weight is 1360 g/mol. The lowest BCUT2D eigenvalue weighted by atomic mass is 9.88. The van der Waals surface area contributed by atoms with Gasteiger partial charge in [0.2, 0.25) is 0 Å². The van der Waals surface area contributed by atoms with Gasteiger partial charge in [-0.2, -0.15) is 13.2 Å². The van der Waals surface area contributed by atoms with E-state index in [2.05, 4.69) is 99.9 Å². The lowest BCUT2D eigenvalue weighted by Crippen LogP contribution is -2.40. The van der Waals surface area contributed by atoms with Crippen LogP contribution < -0.4 is 25.8 Å². The number of alkyl halides is 3. The van der Waals surface area contributed by atoms with E-state index in [9.17, 15) is 28.2 Å². The summed E-state index contributed by atoms with van der Waals surface area (Å²) in [5.41, 5.74) is 13.1. The van der Waals surface area contributed by atoms with Gasteiger partial charge in [0.15, 0.2) is 0 Å². The zero-order chi connectivity index (χ0) is 59.9. The SMILES string of the molecule is Cc1ncc(Br)cc1N.Cc1ncc(Br)cc1N1CCOCC1.Cc1ncc(NC(=O)c2cccc(C(F)(F)F)c2)cc1-c1cnc(CC2(O)CCOCC2)c(N2CCOCC2)c1.OC1(Cc2ncc(Br)cc2N2CCOCC2)CCOCC1. The molecule has 5 aliphatic rings. The van der Waals surface area contributed by atoms with E-state index in [1.165, 1.54) is 24.0 Å². The van der Waals surface area contributed by atoms with Crippen molar-refractivity contribution in [1.29, 1.82) is 0 Å². The number of nitrogens with one attached hydrogen (secondary N) is 1. The van der Waals surface area contributed by atoms with Crippen molar-refractivity contribution in [2.75, 3.05) is 131 Å². The molecule has 5 N–H and O–H groups in total. The standard InChI is InChI=1S/C29H31F3N4O4.C15H21BrN2O3.C10H13BrN2O.C6H7BrN2/c1-19-24(15-23(18-33-19)35-27(37)20-3-2-4-22(13-20)29(30,31)32)21-14-26(36-7-11-40-12-8-36)25(34-17-21)16-28(38)5-9-39-10-6-28;16-12-9-14(18-3-7-21-8-4-18)13(17-11-12)10-15(19)1-5-20-6-2-15;1-8-10(6-9(11)7-12-8)13-2-4-14-5-3-13;1-4-6(8)2-5(7)3-9-4/h2-4,13-15,17-18,38H,5-12,16H2,1H3,(H,35,37);9,11,19H,1-8,10H2;6-7H,2-5H2,1H3;2-3H,8H2,1H3. The van der Waals surface area contributed by atoms with Crippen LogP contribution in [0.15, 0.2) is 99.0 Å². The fourth-order valence-corrected chi connectivity index (χ4v) is 11.1. The van der Waals surface area contributed by atoms with Crippen LogP contribution in [0.4, 0.5) is 41.6 Å². The van der Waals surface area contributed by atoms with E-state index in [-0.39, 0.29) is 5.56 Å². The first-order chi connectivity index (χ1) is 40.2. The quantitative estimate of drug-likeness (QED) is 0.100. The Hall–Kier alpha value is -5.41. The second-order valence-electron chi connectivity index (χ2n) is 21.1. The fraction of sp³-hybridized carbons (Fsp3) is 0.467. The fourth-order valence-electron chi connectivity index (χ4n) is 10.1. The van der Waals surface area contributed by atoms with Crippen LogP contribution in [0.3, 0.4) is 0 Å². The molecule has 84 heavy (non-hydrogen) atoms. The third-order valence-corrected chi connectivity index (χ3v) is 16.3. The van der Waals surface area contributed by atoms with Crippen molar-refractivity contribution in [1.82, 2.24) is 24.9 Å². The molecule has 5 aliphatic heterocycles. The van der Waals surface area contributed by atoms with Gasteiger partial charge < -0.3 is 59.6 Å². The monoisotopic (exact) mass is 1350 g/mol. The number of aliphatic hydroxyl groups is 2. The molecule has 18 nitrogen and oxygen atoms in total. The van der Waals surface area contributed by atoms with Gasteiger partial charge in [-0.3, -0.25) is 29.7 Å². The van der Waals surface area contributed by atoms with Crippen molar-refractivity contribution in [3.63, 3.8) is 0 Å². The summed E-state index contributed by atoms with van der Waals surface area (Å²) in [5, 5.41) is 24.6. The summed E-state index contributed by atoms with van der Waals surface area (Å²) in [7, 11) is 0. The lowest BCUT2D eigenvalue weighted by Gasteiger charge is -2.35. The number of hydrogen-bond acceptors (Lipinski definition) is 17. The van der Waals surface area contributed by atoms with Gasteiger partial charge in [-0.25, -0.2) is 0 Å². The van der Waals surface area contributed by atoms with Gasteiger partial charge in [-0.15, -0.1) is 0 Å². The first-order valence-electron chi connectivity index (χ1n) is 27.9. The molecule has 0 spiro atoms. The van der Waals surface area contributed by atoms with E-state index < -0.39 is 28.8 Å². The Kier molecular flexibility index (Phi) is 23.3. The van der Waals surface area contributed by atoms with E-state index in [0.29, 0.717) is 103 Å². The number of halogens is 6. The molecule has 5 saturated heterocycles. The summed E-state index contributed by atoms with van der Waals surface area (Å²) >= 11 is 10.2. The van der Waals surface area contributed by atoms with Crippen LogP contribution in [0.25, 0.3) is 11.1 Å². The Balaban J connectivity index is 0.000000172. The van der Waals surface area contributed by atoms with E-state index >= 15 is 0 Å². The van der Waals surface area contributed by atoms with Crippen LogP contribution in [0.2, 0.25) is 0 Å². The van der Waals surface area contributed by atoms with Crippen molar-refractivity contribution >= 4 is 82.1 Å². The van der Waals surface area contributed by atoms with Crippen molar-refractivity contribution in [3.05, 3.63) is 139 Å². The highest BCUT2D eigenvalue weighted by Gasteiger charge is 2.35. The van der Waals surface area contributed by atoms with Crippen LogP contribution >= 0.6 is 47.8 Å². The number of aryl methyl sites for hydroxylation is 3. The number of nitrogens with two attached hydrogens (primary N) is 1. The second-order valence-corrected chi connectivity index (χ2v) is 23.9. The van der Waals surface area contributed by atoms with Crippen molar-refractivity contribution in [2.45, 2.75) is 76.7 Å². The molecule has 0 radical (unpaired) electrons. The summed E-state index contributed by atoms with van der Waals surface area (Å²) < 4.78 is 69.3. The molecule has 6 aromatic rings. The lowest BCUT2D eigenvalue weighted by molar-refractivity contribution is -0.137. The molecule has 10 heterocycles. The van der Waals surface area contributed by atoms with E-state index in [0.717, 1.165) is 129 Å². The third kappa shape index (κ3) is 18.6. The summed E-state index contributed by atoms with van der Waals surface area (Å²) in [5.74, 6) is -0.671. The molecule has 0 saturated carbocycles. The second kappa shape index (κ2) is 30.3. The summed E-state index contributed by atoms with van der Waals surface area (Å²) in [6, 6.07) is 14.1. The van der Waals surface area contributed by atoms with Crippen LogP contribution in [0.1, 0.15) is 70.1 Å². The number of pyridine rings is 5. The minimum Gasteiger partial charge on any atom is -0.397 e. The van der Waals surface area contributed by atoms with Crippen LogP contribution in [0.5, 0.6) is 0 Å². The van der Waals surface area contributed by atoms with Crippen LogP contribution in [-0.4, -0.2) is 158 Å². The first kappa shape index (κ1) is 64.6. The Morgan fingerprint density at radius 2 is 1.01 bits per heavy atom. The Bertz CT molecular complexity index is 3140. The van der Waals surface area contributed by atoms with E-state index in [4.69, 9.17) is 34.4 Å². The largest absolute Gasteiger partial charge is 0.416 e. The maximum Gasteiger partial charge on any atom is 0.416 e. The molecule has 24 heteroatoms. The number of nitrogen functional groups attached to an aromatic ring is 1. The van der Waals surface area contributed by atoms with Gasteiger partial charge in [0.05, 0.1) is 114 Å². The molecule has 11 rings (SSSR count). The maximum absolute atomic E-state index is 13.1. The van der Waals surface area contributed by atoms with Gasteiger partial charge in [0.1, 0.15) is 0 Å². The average Bonchev–Trinajstić information content (AvgIpc) is 3.46. The summed E-state index contributed by atoms with van der Waals surface area (Å²) in [6.45, 7) is 17.3. The smallest absolute Gasteiger partial charge is 0.397 e. The van der Waals surface area contributed by atoms with Crippen molar-refractivity contribution in [2.24, 2.45) is 0 Å². The predicted octanol–water partition coefficient (Wildman–Crippen LogP) is 10.1. The number of carbonyl (C=O) groups is 1. The Labute approximate surface area is 513 Å². The van der Waals surface area contributed by atoms with Gasteiger partial charge >= 0.3 is 6.18 Å². The summed E-state index contributed by atoms with van der Waals surface area (Å²) in [4.78, 5) is 41.7. The number of anilines is 5. The molecule has 452 valence electrons. The molecule has 5 aromatic heterocycles. The van der Waals surface area contributed by atoms with Gasteiger partial charge in [-0.05, 0) is 143 Å². The van der Waals surface area contributed by atoms with Crippen LogP contribution in [-0.2, 0) is 42.7 Å². The van der Waals surface area contributed by atoms with Crippen molar-refractivity contribution in [3.8, 4) is 11.1 Å². The van der Waals surface area contributed by atoms with E-state index in [1.807, 2.05) is 45.3 Å². The topological polar surface area (TPSA) is 216 Å². The highest BCUT2D eigenvalue weighted by Crippen LogP contribution is 2.36. The third-order valence-electron chi connectivity index (χ3n) is 15.0. The number of hydrogen-bond donors (Lipinski definition) is 4. The molecule has 1 aromatic carbocycles. The Morgan fingerprint density at radius 1 is 0.571 bits per heavy atom. The zero-order valence-electron chi connectivity index (χ0n) is 47.4. The minimum atomic E-state index is -4.55. The number of carbonyl (C=O) groups excluding carboxylic acids is 1. The van der Waals surface area contributed by atoms with Gasteiger partial charge in [0, 0.05) is 139 Å². The number of aromatic nitrogens is 5. The molecule has 0 atom stereocenters. The number of amides is 1. The number of rotatable bonds is 10. The molecule has 0 bridgehead atoms. The molecule has 1 amide bonds. The zero-order valence-corrected chi connectivity index (χ0v) is 52.2. The van der Waals surface area contributed by atoms with Crippen molar-refractivity contribution < 1.29 is 51.9 Å². The number of ether oxygens (including phenoxy) is 5.